The number of carbonyl (C=O) groups excluding carboxylic acids is 2. The summed E-state index contributed by atoms with van der Waals surface area (Å²) in [6.07, 6.45) is -0.418. The number of esters is 1. The Morgan fingerprint density at radius 2 is 2.00 bits per heavy atom. The molecule has 1 saturated carbocycles. The van der Waals surface area contributed by atoms with Crippen LogP contribution in [-0.2, 0) is 9.53 Å². The van der Waals surface area contributed by atoms with E-state index in [2.05, 4.69) is 20.7 Å². The number of rotatable bonds is 5. The first-order valence-electron chi connectivity index (χ1n) is 6.27. The van der Waals surface area contributed by atoms with Crippen molar-refractivity contribution in [1.82, 2.24) is 4.90 Å². The second-order valence-electron chi connectivity index (χ2n) is 4.78. The molecule has 1 fully saturated rings. The van der Waals surface area contributed by atoms with Gasteiger partial charge >= 0.3 is 5.97 Å². The highest BCUT2D eigenvalue weighted by Gasteiger charge is 2.40. The Balaban J connectivity index is 2.09. The van der Waals surface area contributed by atoms with Gasteiger partial charge in [0.05, 0.1) is 7.11 Å². The van der Waals surface area contributed by atoms with Crippen LogP contribution in [-0.4, -0.2) is 43.1 Å². The van der Waals surface area contributed by atoms with Crippen LogP contribution in [0.25, 0.3) is 0 Å². The molecule has 1 aromatic rings. The molecule has 1 aliphatic rings. The van der Waals surface area contributed by atoms with Gasteiger partial charge in [-0.1, -0.05) is 15.9 Å². The topological polar surface area (TPSA) is 46.6 Å². The molecule has 6 heteroatoms. The Bertz CT molecular complexity index is 506. The summed E-state index contributed by atoms with van der Waals surface area (Å²) < 4.78 is 18.5. The van der Waals surface area contributed by atoms with Crippen molar-refractivity contribution in [2.24, 2.45) is 5.92 Å². The smallest absolute Gasteiger partial charge is 0.325 e. The molecular weight excluding hydrogens is 329 g/mol. The number of hydrogen-bond donors (Lipinski definition) is 0. The second kappa shape index (κ2) is 6.35. The first kappa shape index (κ1) is 15.0. The van der Waals surface area contributed by atoms with Gasteiger partial charge in [-0.05, 0) is 30.7 Å². The summed E-state index contributed by atoms with van der Waals surface area (Å²) >= 11 is 3.29. The van der Waals surface area contributed by atoms with Crippen molar-refractivity contribution in [3.05, 3.63) is 34.3 Å². The fourth-order valence-electron chi connectivity index (χ4n) is 1.90. The van der Waals surface area contributed by atoms with Crippen LogP contribution in [0.3, 0.4) is 0 Å². The summed E-state index contributed by atoms with van der Waals surface area (Å²) in [4.78, 5) is 25.1. The van der Waals surface area contributed by atoms with Crippen molar-refractivity contribution in [3.8, 4) is 0 Å². The van der Waals surface area contributed by atoms with E-state index in [1.54, 1.807) is 24.3 Å². The van der Waals surface area contributed by atoms with Crippen LogP contribution in [0.4, 0.5) is 4.39 Å². The zero-order chi connectivity index (χ0) is 14.7. The quantitative estimate of drug-likeness (QED) is 0.771. The Labute approximate surface area is 125 Å². The minimum Gasteiger partial charge on any atom is -0.468 e. The van der Waals surface area contributed by atoms with Crippen LogP contribution < -0.4 is 0 Å². The molecule has 1 aromatic carbocycles. The van der Waals surface area contributed by atoms with E-state index in [1.807, 2.05) is 0 Å². The van der Waals surface area contributed by atoms with Gasteiger partial charge < -0.3 is 9.64 Å². The molecule has 0 radical (unpaired) electrons. The lowest BCUT2D eigenvalue weighted by atomic mass is 10.2. The monoisotopic (exact) mass is 343 g/mol. The summed E-state index contributed by atoms with van der Waals surface area (Å²) in [5.41, 5.74) is 0.466. The largest absolute Gasteiger partial charge is 0.468 e. The van der Waals surface area contributed by atoms with E-state index in [0.29, 0.717) is 12.0 Å². The standard InChI is InChI=1S/C14H15BrFNO3/c1-20-13(18)8-17(7-10-6-12(10)16)14(19)9-2-4-11(15)5-3-9/h2-5,10,12H,6-8H2,1H3. The third-order valence-electron chi connectivity index (χ3n) is 3.22. The first-order chi connectivity index (χ1) is 9.51. The predicted molar refractivity (Wildman–Crippen MR) is 75.1 cm³/mol. The van der Waals surface area contributed by atoms with Gasteiger partial charge in [0.25, 0.3) is 5.91 Å². The number of alkyl halides is 1. The maximum atomic E-state index is 13.0. The average molecular weight is 344 g/mol. The minimum absolute atomic E-state index is 0.158. The van der Waals surface area contributed by atoms with E-state index >= 15 is 0 Å². The number of hydrogen-bond acceptors (Lipinski definition) is 3. The molecule has 1 aliphatic carbocycles. The van der Waals surface area contributed by atoms with Gasteiger partial charge in [-0.2, -0.15) is 0 Å². The third kappa shape index (κ3) is 3.79. The Morgan fingerprint density at radius 1 is 1.40 bits per heavy atom. The molecule has 0 aromatic heterocycles. The normalized spacial score (nSPS) is 20.4. The molecule has 2 rings (SSSR count). The fourth-order valence-corrected chi connectivity index (χ4v) is 2.16. The third-order valence-corrected chi connectivity index (χ3v) is 3.75. The van der Waals surface area contributed by atoms with Crippen molar-refractivity contribution >= 4 is 27.8 Å². The molecule has 0 saturated heterocycles. The molecule has 0 aliphatic heterocycles. The summed E-state index contributed by atoms with van der Waals surface area (Å²) in [5, 5.41) is 0. The van der Waals surface area contributed by atoms with E-state index in [4.69, 9.17) is 0 Å². The van der Waals surface area contributed by atoms with E-state index < -0.39 is 12.1 Å². The van der Waals surface area contributed by atoms with Crippen molar-refractivity contribution in [2.45, 2.75) is 12.6 Å². The molecular formula is C14H15BrFNO3. The van der Waals surface area contributed by atoms with Gasteiger partial charge in [0.15, 0.2) is 0 Å². The molecule has 4 nitrogen and oxygen atoms in total. The van der Waals surface area contributed by atoms with Crippen LogP contribution in [0, 0.1) is 5.92 Å². The molecule has 20 heavy (non-hydrogen) atoms. The van der Waals surface area contributed by atoms with Crippen molar-refractivity contribution in [1.29, 1.82) is 0 Å². The molecule has 0 spiro atoms. The highest BCUT2D eigenvalue weighted by Crippen LogP contribution is 2.34. The van der Waals surface area contributed by atoms with Gasteiger partial charge in [-0.3, -0.25) is 9.59 Å². The number of amides is 1. The van der Waals surface area contributed by atoms with Crippen LogP contribution in [0.2, 0.25) is 0 Å². The number of benzene rings is 1. The van der Waals surface area contributed by atoms with E-state index in [9.17, 15) is 14.0 Å². The van der Waals surface area contributed by atoms with Gasteiger partial charge in [0, 0.05) is 22.5 Å². The maximum absolute atomic E-state index is 13.0. The van der Waals surface area contributed by atoms with Crippen molar-refractivity contribution in [3.63, 3.8) is 0 Å². The van der Waals surface area contributed by atoms with Crippen LogP contribution in [0.1, 0.15) is 16.8 Å². The highest BCUT2D eigenvalue weighted by atomic mass is 79.9. The first-order valence-corrected chi connectivity index (χ1v) is 7.06. The van der Waals surface area contributed by atoms with Crippen molar-refractivity contribution < 1.29 is 18.7 Å². The Hall–Kier alpha value is -1.43. The lowest BCUT2D eigenvalue weighted by molar-refractivity contribution is -0.141. The zero-order valence-corrected chi connectivity index (χ0v) is 12.6. The van der Waals surface area contributed by atoms with Crippen LogP contribution in [0.15, 0.2) is 28.7 Å². The van der Waals surface area contributed by atoms with Crippen LogP contribution in [0.5, 0.6) is 0 Å². The SMILES string of the molecule is COC(=O)CN(CC1CC1F)C(=O)c1ccc(Br)cc1. The average Bonchev–Trinajstić information content (AvgIpc) is 3.13. The minimum atomic E-state index is -0.868. The van der Waals surface area contributed by atoms with E-state index in [-0.39, 0.29) is 24.9 Å². The number of nitrogens with zero attached hydrogens (tertiary/aromatic N) is 1. The van der Waals surface area contributed by atoms with Gasteiger partial charge in [0.1, 0.15) is 12.7 Å². The fraction of sp³-hybridized carbons (Fsp3) is 0.429. The zero-order valence-electron chi connectivity index (χ0n) is 11.0. The number of ether oxygens (including phenoxy) is 1. The second-order valence-corrected chi connectivity index (χ2v) is 5.70. The highest BCUT2D eigenvalue weighted by molar-refractivity contribution is 9.10. The number of carbonyl (C=O) groups is 2. The Morgan fingerprint density at radius 3 is 2.50 bits per heavy atom. The molecule has 1 amide bonds. The molecule has 0 bridgehead atoms. The lowest BCUT2D eigenvalue weighted by Gasteiger charge is -2.21. The molecule has 2 unspecified atom stereocenters. The molecule has 2 atom stereocenters. The summed E-state index contributed by atoms with van der Waals surface area (Å²) in [5.74, 6) is -0.965. The maximum Gasteiger partial charge on any atom is 0.325 e. The summed E-state index contributed by atoms with van der Waals surface area (Å²) in [7, 11) is 1.26. The summed E-state index contributed by atoms with van der Waals surface area (Å²) in [6.45, 7) is 0.0831. The van der Waals surface area contributed by atoms with Gasteiger partial charge in [-0.25, -0.2) is 4.39 Å². The lowest BCUT2D eigenvalue weighted by Crippen LogP contribution is -2.38. The van der Waals surface area contributed by atoms with E-state index in [1.165, 1.54) is 12.0 Å². The van der Waals surface area contributed by atoms with Gasteiger partial charge in [-0.15, -0.1) is 0 Å². The summed E-state index contributed by atoms with van der Waals surface area (Å²) in [6, 6.07) is 6.82. The number of halogens is 2. The van der Waals surface area contributed by atoms with Crippen molar-refractivity contribution in [2.75, 3.05) is 20.2 Å². The molecule has 108 valence electrons. The number of methoxy groups -OCH3 is 1. The molecule has 0 N–H and O–H groups in total. The van der Waals surface area contributed by atoms with Gasteiger partial charge in [0.2, 0.25) is 0 Å². The predicted octanol–water partition coefficient (Wildman–Crippen LogP) is 2.42. The Kier molecular flexibility index (Phi) is 4.75. The van der Waals surface area contributed by atoms with E-state index in [0.717, 1.165) is 4.47 Å². The van der Waals surface area contributed by atoms with Crippen LogP contribution >= 0.6 is 15.9 Å². The molecule has 0 heterocycles.